The highest BCUT2D eigenvalue weighted by atomic mass is 16.5. The van der Waals surface area contributed by atoms with Crippen LogP contribution in [0.25, 0.3) is 0 Å². The van der Waals surface area contributed by atoms with Crippen molar-refractivity contribution in [2.75, 3.05) is 12.4 Å². The average Bonchev–Trinajstić information content (AvgIpc) is 2.37. The first-order valence-corrected chi connectivity index (χ1v) is 6.41. The lowest BCUT2D eigenvalue weighted by Gasteiger charge is -2.24. The fraction of sp³-hybridized carbons (Fsp3) is 0.500. The molecular formula is C14H20N2O2. The molecule has 4 heteroatoms. The van der Waals surface area contributed by atoms with Crippen LogP contribution in [-0.2, 0) is 11.2 Å². The Balaban J connectivity index is 2.17. The molecule has 1 amide bonds. The van der Waals surface area contributed by atoms with E-state index in [9.17, 15) is 4.79 Å². The number of likely N-dealkylation sites (N-methyl/N-ethyl adjacent to an activating group) is 1. The zero-order valence-electron chi connectivity index (χ0n) is 11.1. The van der Waals surface area contributed by atoms with Crippen molar-refractivity contribution in [3.63, 3.8) is 0 Å². The fourth-order valence-electron chi connectivity index (χ4n) is 2.12. The van der Waals surface area contributed by atoms with E-state index in [1.54, 1.807) is 6.92 Å². The number of nitrogens with one attached hydrogen (secondary N) is 2. The Morgan fingerprint density at radius 3 is 2.94 bits per heavy atom. The molecule has 1 aliphatic heterocycles. The molecule has 0 radical (unpaired) electrons. The summed E-state index contributed by atoms with van der Waals surface area (Å²) in [5, 5.41) is 6.15. The summed E-state index contributed by atoms with van der Waals surface area (Å²) >= 11 is 0. The summed E-state index contributed by atoms with van der Waals surface area (Å²) in [5.41, 5.74) is 1.98. The van der Waals surface area contributed by atoms with E-state index in [0.717, 1.165) is 24.3 Å². The molecule has 0 spiro atoms. The highest BCUT2D eigenvalue weighted by molar-refractivity contribution is 5.97. The maximum atomic E-state index is 11.6. The zero-order valence-corrected chi connectivity index (χ0v) is 11.1. The van der Waals surface area contributed by atoms with Crippen molar-refractivity contribution < 1.29 is 9.53 Å². The third-order valence-electron chi connectivity index (χ3n) is 3.36. The Morgan fingerprint density at radius 2 is 2.28 bits per heavy atom. The quantitative estimate of drug-likeness (QED) is 0.856. The molecule has 1 aromatic rings. The molecule has 18 heavy (non-hydrogen) atoms. The number of carbonyl (C=O) groups excluding carboxylic acids is 1. The molecule has 4 nitrogen and oxygen atoms in total. The van der Waals surface area contributed by atoms with Gasteiger partial charge >= 0.3 is 0 Å². The number of rotatable bonds is 4. The zero-order chi connectivity index (χ0) is 13.1. The highest BCUT2D eigenvalue weighted by Gasteiger charge is 2.23. The van der Waals surface area contributed by atoms with Crippen LogP contribution in [-0.4, -0.2) is 25.1 Å². The van der Waals surface area contributed by atoms with Gasteiger partial charge in [0.25, 0.3) is 5.91 Å². The van der Waals surface area contributed by atoms with E-state index in [1.165, 1.54) is 5.56 Å². The van der Waals surface area contributed by atoms with Crippen LogP contribution < -0.4 is 15.4 Å². The Bertz CT molecular complexity index is 441. The number of carbonyl (C=O) groups is 1. The van der Waals surface area contributed by atoms with Crippen LogP contribution in [0.5, 0.6) is 5.75 Å². The van der Waals surface area contributed by atoms with Crippen LogP contribution >= 0.6 is 0 Å². The molecule has 1 aromatic carbocycles. The number of benzene rings is 1. The molecule has 0 fully saturated rings. The van der Waals surface area contributed by atoms with Crippen molar-refractivity contribution in [1.29, 1.82) is 0 Å². The van der Waals surface area contributed by atoms with E-state index < -0.39 is 6.10 Å². The van der Waals surface area contributed by atoms with Crippen LogP contribution in [0.1, 0.15) is 25.8 Å². The molecule has 0 aliphatic carbocycles. The lowest BCUT2D eigenvalue weighted by molar-refractivity contribution is -0.122. The van der Waals surface area contributed by atoms with Gasteiger partial charge in [-0.3, -0.25) is 4.79 Å². The molecule has 2 atom stereocenters. The second-order valence-electron chi connectivity index (χ2n) is 4.68. The normalized spacial score (nSPS) is 19.7. The standard InChI is InChI=1S/C14H20N2O2/c1-4-11(15-3)7-10-5-6-13-12(8-10)16-14(17)9(2)18-13/h5-6,8-9,11,15H,4,7H2,1-3H3,(H,16,17). The summed E-state index contributed by atoms with van der Waals surface area (Å²) in [6.45, 7) is 3.91. The van der Waals surface area contributed by atoms with Gasteiger partial charge in [0.2, 0.25) is 0 Å². The number of hydrogen-bond donors (Lipinski definition) is 2. The van der Waals surface area contributed by atoms with Gasteiger partial charge in [0.1, 0.15) is 5.75 Å². The molecular weight excluding hydrogens is 228 g/mol. The fourth-order valence-corrected chi connectivity index (χ4v) is 2.12. The Kier molecular flexibility index (Phi) is 3.87. The molecule has 0 aromatic heterocycles. The molecule has 0 bridgehead atoms. The van der Waals surface area contributed by atoms with E-state index in [4.69, 9.17) is 4.74 Å². The van der Waals surface area contributed by atoms with Gasteiger partial charge in [-0.2, -0.15) is 0 Å². The van der Waals surface area contributed by atoms with Gasteiger partial charge < -0.3 is 15.4 Å². The minimum absolute atomic E-state index is 0.0830. The predicted octanol–water partition coefficient (Wildman–Crippen LogP) is 1.95. The van der Waals surface area contributed by atoms with E-state index in [1.807, 2.05) is 19.2 Å². The van der Waals surface area contributed by atoms with Crippen LogP contribution in [0.15, 0.2) is 18.2 Å². The second-order valence-corrected chi connectivity index (χ2v) is 4.68. The first-order valence-electron chi connectivity index (χ1n) is 6.41. The van der Waals surface area contributed by atoms with Crippen LogP contribution in [0.4, 0.5) is 5.69 Å². The Labute approximate surface area is 108 Å². The number of ether oxygens (including phenoxy) is 1. The number of hydrogen-bond acceptors (Lipinski definition) is 3. The minimum atomic E-state index is -0.413. The maximum Gasteiger partial charge on any atom is 0.265 e. The third-order valence-corrected chi connectivity index (χ3v) is 3.36. The topological polar surface area (TPSA) is 50.4 Å². The van der Waals surface area contributed by atoms with Gasteiger partial charge in [-0.1, -0.05) is 13.0 Å². The van der Waals surface area contributed by atoms with Crippen molar-refractivity contribution >= 4 is 11.6 Å². The molecule has 1 aliphatic rings. The highest BCUT2D eigenvalue weighted by Crippen LogP contribution is 2.30. The van der Waals surface area contributed by atoms with Crippen molar-refractivity contribution in [2.45, 2.75) is 38.8 Å². The smallest absolute Gasteiger partial charge is 0.265 e. The van der Waals surface area contributed by atoms with Gasteiger partial charge in [0.15, 0.2) is 6.10 Å². The number of fused-ring (bicyclic) bond motifs is 1. The van der Waals surface area contributed by atoms with E-state index >= 15 is 0 Å². The average molecular weight is 248 g/mol. The summed E-state index contributed by atoms with van der Waals surface area (Å²) in [7, 11) is 1.97. The van der Waals surface area contributed by atoms with E-state index in [0.29, 0.717) is 6.04 Å². The Hall–Kier alpha value is -1.55. The first kappa shape index (κ1) is 12.9. The summed E-state index contributed by atoms with van der Waals surface area (Å²) < 4.78 is 5.53. The van der Waals surface area contributed by atoms with Crippen molar-refractivity contribution in [3.8, 4) is 5.75 Å². The number of anilines is 1. The molecule has 0 saturated carbocycles. The molecule has 2 N–H and O–H groups in total. The van der Waals surface area contributed by atoms with E-state index in [2.05, 4.69) is 23.6 Å². The second kappa shape index (κ2) is 5.40. The predicted molar refractivity (Wildman–Crippen MR) is 72.0 cm³/mol. The summed E-state index contributed by atoms with van der Waals surface area (Å²) in [6, 6.07) is 6.45. The molecule has 2 rings (SSSR count). The monoisotopic (exact) mass is 248 g/mol. The van der Waals surface area contributed by atoms with Gasteiger partial charge in [0.05, 0.1) is 5.69 Å². The van der Waals surface area contributed by atoms with Crippen LogP contribution in [0, 0.1) is 0 Å². The molecule has 1 heterocycles. The lowest BCUT2D eigenvalue weighted by Crippen LogP contribution is -2.34. The van der Waals surface area contributed by atoms with Crippen LogP contribution in [0.3, 0.4) is 0 Å². The molecule has 0 saturated heterocycles. The summed E-state index contributed by atoms with van der Waals surface area (Å²) in [6.07, 6.45) is 1.61. The first-order chi connectivity index (χ1) is 8.63. The third kappa shape index (κ3) is 2.64. The summed E-state index contributed by atoms with van der Waals surface area (Å²) in [4.78, 5) is 11.6. The number of amides is 1. The largest absolute Gasteiger partial charge is 0.479 e. The van der Waals surface area contributed by atoms with E-state index in [-0.39, 0.29) is 5.91 Å². The van der Waals surface area contributed by atoms with Crippen molar-refractivity contribution in [3.05, 3.63) is 23.8 Å². The van der Waals surface area contributed by atoms with Crippen molar-refractivity contribution in [2.24, 2.45) is 0 Å². The summed E-state index contributed by atoms with van der Waals surface area (Å²) in [5.74, 6) is 0.670. The minimum Gasteiger partial charge on any atom is -0.479 e. The van der Waals surface area contributed by atoms with Gasteiger partial charge in [-0.25, -0.2) is 0 Å². The SMILES string of the molecule is CCC(Cc1ccc2c(c1)NC(=O)C(C)O2)NC. The Morgan fingerprint density at radius 1 is 1.50 bits per heavy atom. The molecule has 98 valence electrons. The maximum absolute atomic E-state index is 11.6. The van der Waals surface area contributed by atoms with Gasteiger partial charge in [0, 0.05) is 6.04 Å². The van der Waals surface area contributed by atoms with Gasteiger partial charge in [-0.15, -0.1) is 0 Å². The lowest BCUT2D eigenvalue weighted by atomic mass is 10.0. The van der Waals surface area contributed by atoms with Crippen LogP contribution in [0.2, 0.25) is 0 Å². The van der Waals surface area contributed by atoms with Crippen molar-refractivity contribution in [1.82, 2.24) is 5.32 Å². The molecule has 2 unspecified atom stereocenters. The van der Waals surface area contributed by atoms with Gasteiger partial charge in [-0.05, 0) is 44.5 Å².